The van der Waals surface area contributed by atoms with Crippen molar-refractivity contribution >= 4 is 22.5 Å². The third-order valence-electron chi connectivity index (χ3n) is 7.62. The van der Waals surface area contributed by atoms with Crippen LogP contribution in [0, 0.1) is 11.3 Å². The van der Waals surface area contributed by atoms with Crippen LogP contribution in [0.25, 0.3) is 0 Å². The van der Waals surface area contributed by atoms with Gasteiger partial charge in [-0.25, -0.2) is 8.78 Å². The molecule has 2 atom stereocenters. The number of aliphatic carboxylic acids is 1. The Hall–Kier alpha value is -1.91. The number of halogens is 5. The molecule has 0 bridgehead atoms. The van der Waals surface area contributed by atoms with E-state index >= 15 is 0 Å². The highest BCUT2D eigenvalue weighted by atomic mass is 32.2. The van der Waals surface area contributed by atoms with Gasteiger partial charge in [0.05, 0.1) is 32.4 Å². The van der Waals surface area contributed by atoms with Crippen molar-refractivity contribution in [3.8, 4) is 5.75 Å². The van der Waals surface area contributed by atoms with Gasteiger partial charge in [-0.15, -0.1) is 0 Å². The Balaban J connectivity index is 2.16. The van der Waals surface area contributed by atoms with Gasteiger partial charge in [0.15, 0.2) is 0 Å². The van der Waals surface area contributed by atoms with Crippen molar-refractivity contribution in [1.29, 1.82) is 0 Å². The molecule has 1 aromatic rings. The molecule has 2 unspecified atom stereocenters. The van der Waals surface area contributed by atoms with Crippen LogP contribution in [0.4, 0.5) is 27.6 Å². The number of carboxylic acid groups (broad SMARTS) is 1. The van der Waals surface area contributed by atoms with Gasteiger partial charge in [0.25, 0.3) is 0 Å². The summed E-state index contributed by atoms with van der Waals surface area (Å²) in [4.78, 5) is 13.5. The number of carboxylic acids is 1. The van der Waals surface area contributed by atoms with Crippen molar-refractivity contribution in [2.45, 2.75) is 101 Å². The number of alkyl halides is 5. The molecule has 1 aliphatic heterocycles. The van der Waals surface area contributed by atoms with Gasteiger partial charge >= 0.3 is 12.1 Å². The Morgan fingerprint density at radius 3 is 2.24 bits per heavy atom. The fourth-order valence-electron chi connectivity index (χ4n) is 5.00. The highest BCUT2D eigenvalue weighted by molar-refractivity contribution is 7.86. The topological polar surface area (TPSA) is 66.8 Å². The highest BCUT2D eigenvalue weighted by Crippen LogP contribution is 2.48. The van der Waals surface area contributed by atoms with Crippen molar-refractivity contribution in [1.82, 2.24) is 0 Å². The Morgan fingerprint density at radius 2 is 1.73 bits per heavy atom. The minimum Gasteiger partial charge on any atom is -0.492 e. The molecule has 1 aliphatic carbocycles. The number of carbonyl (C=O) groups is 1. The minimum atomic E-state index is -4.81. The van der Waals surface area contributed by atoms with Crippen molar-refractivity contribution in [3.63, 3.8) is 0 Å². The molecule has 5 nitrogen and oxygen atoms in total. The second-order valence-corrected chi connectivity index (χ2v) is 13.6. The minimum absolute atomic E-state index is 0.0712. The third kappa shape index (κ3) is 6.57. The summed E-state index contributed by atoms with van der Waals surface area (Å²) < 4.78 is 88.6. The van der Waals surface area contributed by atoms with Gasteiger partial charge in [0.1, 0.15) is 12.4 Å². The molecule has 1 aromatic carbocycles. The first-order valence-corrected chi connectivity index (χ1v) is 13.7. The maximum Gasteiger partial charge on any atom is 0.420 e. The molecule has 1 N–H and O–H groups in total. The fourth-order valence-corrected chi connectivity index (χ4v) is 6.64. The van der Waals surface area contributed by atoms with Crippen LogP contribution < -0.4 is 9.64 Å². The number of hydrogen-bond donors (Lipinski definition) is 1. The third-order valence-corrected chi connectivity index (χ3v) is 9.63. The Bertz CT molecular complexity index is 1030. The van der Waals surface area contributed by atoms with Gasteiger partial charge in [-0.05, 0) is 71.9 Å². The van der Waals surface area contributed by atoms with E-state index in [1.54, 1.807) is 13.8 Å². The first-order chi connectivity index (χ1) is 16.8. The van der Waals surface area contributed by atoms with Crippen LogP contribution in [0.15, 0.2) is 17.0 Å². The summed E-state index contributed by atoms with van der Waals surface area (Å²) in [6, 6.07) is 1.97. The molecule has 0 saturated heterocycles. The summed E-state index contributed by atoms with van der Waals surface area (Å²) in [5, 5.41) is 9.37. The lowest BCUT2D eigenvalue weighted by Crippen LogP contribution is -2.43. The smallest absolute Gasteiger partial charge is 0.420 e. The largest absolute Gasteiger partial charge is 0.492 e. The predicted molar refractivity (Wildman–Crippen MR) is 132 cm³/mol. The molecule has 210 valence electrons. The number of anilines is 1. The van der Waals surface area contributed by atoms with Gasteiger partial charge in [-0.3, -0.25) is 9.00 Å². The molecule has 0 aromatic heterocycles. The van der Waals surface area contributed by atoms with Crippen LogP contribution in [0.2, 0.25) is 0 Å². The Kier molecular flexibility index (Phi) is 8.28. The number of rotatable bonds is 8. The Labute approximate surface area is 217 Å². The quantitative estimate of drug-likeness (QED) is 0.355. The Morgan fingerprint density at radius 1 is 1.14 bits per heavy atom. The molecule has 1 saturated carbocycles. The van der Waals surface area contributed by atoms with Gasteiger partial charge in [0.2, 0.25) is 5.92 Å². The summed E-state index contributed by atoms with van der Waals surface area (Å²) in [6.07, 6.45) is -1.87. The molecular formula is C26H36F5NO4S. The lowest BCUT2D eigenvalue weighted by atomic mass is 9.88. The second-order valence-electron chi connectivity index (χ2n) is 11.6. The van der Waals surface area contributed by atoms with Crippen LogP contribution in [0.1, 0.15) is 78.7 Å². The predicted octanol–water partition coefficient (Wildman–Crippen LogP) is 6.90. The molecule has 37 heavy (non-hydrogen) atoms. The van der Waals surface area contributed by atoms with E-state index in [0.29, 0.717) is 0 Å². The first kappa shape index (κ1) is 29.6. The van der Waals surface area contributed by atoms with Crippen molar-refractivity contribution < 1.29 is 40.8 Å². The van der Waals surface area contributed by atoms with E-state index in [9.17, 15) is 36.1 Å². The molecule has 3 rings (SSSR count). The van der Waals surface area contributed by atoms with Gasteiger partial charge < -0.3 is 14.7 Å². The monoisotopic (exact) mass is 553 g/mol. The van der Waals surface area contributed by atoms with Crippen LogP contribution in [-0.2, 0) is 21.8 Å². The number of hydrogen-bond acceptors (Lipinski definition) is 4. The summed E-state index contributed by atoms with van der Waals surface area (Å²) >= 11 is 0. The number of fused-ring (bicyclic) bond motifs is 1. The zero-order chi connectivity index (χ0) is 28.0. The zero-order valence-corrected chi connectivity index (χ0v) is 22.7. The van der Waals surface area contributed by atoms with Crippen LogP contribution in [0.5, 0.6) is 5.75 Å². The standard InChI is InChI=1S/C26H36F5NO4S/c1-23(2,22(33)34)15-36-20-13-21-19(12-18(20)26(29,30)31)32(17-8-6-7-9-17)14-16(10-11-25(5,27)28)24(3,4)37(21)35/h12-13,16-17H,6-11,14-15H2,1-5H3,(H,33,34). The molecule has 1 fully saturated rings. The maximum absolute atomic E-state index is 14.2. The zero-order valence-electron chi connectivity index (χ0n) is 21.9. The first-order valence-electron chi connectivity index (χ1n) is 12.5. The molecular weight excluding hydrogens is 517 g/mol. The van der Waals surface area contributed by atoms with Gasteiger partial charge in [-0.2, -0.15) is 13.2 Å². The normalized spacial score (nSPS) is 23.0. The van der Waals surface area contributed by atoms with E-state index < -0.39 is 69.3 Å². The van der Waals surface area contributed by atoms with Crippen molar-refractivity contribution in [2.24, 2.45) is 11.3 Å². The fraction of sp³-hybridized carbons (Fsp3) is 0.731. The SMILES string of the molecule is CC(F)(F)CCC1CN(C2CCCC2)c2cc(C(F)(F)F)c(OCC(C)(C)C(=O)O)cc2S(=O)C1(C)C. The average molecular weight is 554 g/mol. The van der Waals surface area contributed by atoms with Crippen molar-refractivity contribution in [2.75, 3.05) is 18.1 Å². The van der Waals surface area contributed by atoms with E-state index in [-0.39, 0.29) is 29.6 Å². The molecule has 2 aliphatic rings. The number of ether oxygens (including phenoxy) is 1. The highest BCUT2D eigenvalue weighted by Gasteiger charge is 2.46. The van der Waals surface area contributed by atoms with E-state index in [2.05, 4.69) is 0 Å². The van der Waals surface area contributed by atoms with Crippen LogP contribution in [0.3, 0.4) is 0 Å². The van der Waals surface area contributed by atoms with Gasteiger partial charge in [-0.1, -0.05) is 12.8 Å². The molecule has 0 radical (unpaired) electrons. The lowest BCUT2D eigenvalue weighted by molar-refractivity contribution is -0.148. The molecule has 0 amide bonds. The van der Waals surface area contributed by atoms with Crippen LogP contribution in [-0.4, -0.2) is 45.1 Å². The summed E-state index contributed by atoms with van der Waals surface area (Å²) in [5.41, 5.74) is -2.36. The maximum atomic E-state index is 14.2. The number of benzene rings is 1. The summed E-state index contributed by atoms with van der Waals surface area (Å²) in [7, 11) is -1.85. The summed E-state index contributed by atoms with van der Waals surface area (Å²) in [6.45, 7) is 6.60. The lowest BCUT2D eigenvalue weighted by Gasteiger charge is -2.37. The molecule has 0 spiro atoms. The van der Waals surface area contributed by atoms with Crippen LogP contribution >= 0.6 is 0 Å². The van der Waals surface area contributed by atoms with E-state index in [1.165, 1.54) is 13.8 Å². The van der Waals surface area contributed by atoms with E-state index in [1.807, 2.05) is 4.90 Å². The summed E-state index contributed by atoms with van der Waals surface area (Å²) in [5.74, 6) is -5.20. The molecule has 11 heteroatoms. The average Bonchev–Trinajstić information content (AvgIpc) is 3.27. The molecule has 1 heterocycles. The van der Waals surface area contributed by atoms with E-state index in [4.69, 9.17) is 4.74 Å². The van der Waals surface area contributed by atoms with E-state index in [0.717, 1.165) is 44.7 Å². The van der Waals surface area contributed by atoms with Crippen molar-refractivity contribution in [3.05, 3.63) is 17.7 Å². The second kappa shape index (κ2) is 10.3. The number of nitrogens with zero attached hydrogens (tertiary/aromatic N) is 1. The van der Waals surface area contributed by atoms with Gasteiger partial charge in [0, 0.05) is 23.8 Å².